The number of ether oxygens (including phenoxy) is 1. The van der Waals surface area contributed by atoms with Crippen molar-refractivity contribution in [3.63, 3.8) is 0 Å². The van der Waals surface area contributed by atoms with Gasteiger partial charge >= 0.3 is 6.18 Å². The quantitative estimate of drug-likeness (QED) is 0.363. The predicted octanol–water partition coefficient (Wildman–Crippen LogP) is 4.02. The van der Waals surface area contributed by atoms with Crippen LogP contribution < -0.4 is 15.4 Å². The molecule has 1 aromatic carbocycles. The topological polar surface area (TPSA) is 63.5 Å². The molecule has 29 heavy (non-hydrogen) atoms. The molecule has 2 aromatic rings. The molecule has 0 aliphatic carbocycles. The normalized spacial score (nSPS) is 18.3. The maximum atomic E-state index is 13.1. The van der Waals surface area contributed by atoms with Gasteiger partial charge in [0.1, 0.15) is 11.4 Å². The van der Waals surface area contributed by atoms with Crippen LogP contribution in [0.3, 0.4) is 0 Å². The lowest BCUT2D eigenvalue weighted by molar-refractivity contribution is -0.142. The molecule has 0 amide bonds. The van der Waals surface area contributed by atoms with E-state index in [0.29, 0.717) is 12.4 Å². The summed E-state index contributed by atoms with van der Waals surface area (Å²) >= 11 is 0. The summed E-state index contributed by atoms with van der Waals surface area (Å²) in [7, 11) is 3.05. The van der Waals surface area contributed by atoms with E-state index in [2.05, 4.69) is 20.7 Å². The smallest absolute Gasteiger partial charge is 0.435 e. The molecule has 1 unspecified atom stereocenters. The molecule has 10 heteroatoms. The highest BCUT2D eigenvalue weighted by atomic mass is 127. The van der Waals surface area contributed by atoms with Crippen LogP contribution in [0.4, 0.5) is 13.2 Å². The molecular formula is C19H25F3IN5O. The summed E-state index contributed by atoms with van der Waals surface area (Å²) in [6, 6.07) is 7.63. The van der Waals surface area contributed by atoms with E-state index in [1.54, 1.807) is 7.05 Å². The molecule has 2 heterocycles. The van der Waals surface area contributed by atoms with Crippen LogP contribution in [0.2, 0.25) is 0 Å². The molecule has 3 rings (SSSR count). The molecule has 0 spiro atoms. The predicted molar refractivity (Wildman–Crippen MR) is 115 cm³/mol. The first kappa shape index (κ1) is 23.3. The Morgan fingerprint density at radius 3 is 2.69 bits per heavy atom. The third-order valence-corrected chi connectivity index (χ3v) is 4.53. The van der Waals surface area contributed by atoms with Gasteiger partial charge in [-0.3, -0.25) is 9.67 Å². The number of rotatable bonds is 3. The van der Waals surface area contributed by atoms with Crippen molar-refractivity contribution in [3.05, 3.63) is 47.3 Å². The Hall–Kier alpha value is -1.98. The van der Waals surface area contributed by atoms with Crippen LogP contribution in [0, 0.1) is 0 Å². The number of fused-ring (bicyclic) bond motifs is 1. The number of guanidine groups is 1. The zero-order valence-electron chi connectivity index (χ0n) is 16.7. The van der Waals surface area contributed by atoms with Gasteiger partial charge in [-0.05, 0) is 19.9 Å². The molecule has 0 saturated heterocycles. The third kappa shape index (κ3) is 5.55. The Morgan fingerprint density at radius 2 is 2.03 bits per heavy atom. The number of benzene rings is 1. The summed E-state index contributed by atoms with van der Waals surface area (Å²) in [4.78, 5) is 4.16. The molecule has 2 N–H and O–H groups in total. The van der Waals surface area contributed by atoms with Crippen molar-refractivity contribution in [1.82, 2.24) is 20.4 Å². The largest absolute Gasteiger partial charge is 0.487 e. The maximum Gasteiger partial charge on any atom is 0.435 e. The Morgan fingerprint density at radius 1 is 1.34 bits per heavy atom. The molecule has 0 fully saturated rings. The number of aryl methyl sites for hydroxylation is 1. The molecule has 1 atom stereocenters. The summed E-state index contributed by atoms with van der Waals surface area (Å²) in [6.45, 7) is 3.95. The average molecular weight is 523 g/mol. The van der Waals surface area contributed by atoms with Gasteiger partial charge in [0.25, 0.3) is 0 Å². The first-order valence-corrected chi connectivity index (χ1v) is 8.94. The van der Waals surface area contributed by atoms with E-state index in [0.717, 1.165) is 16.0 Å². The molecule has 1 aliphatic rings. The van der Waals surface area contributed by atoms with E-state index in [1.807, 2.05) is 38.1 Å². The second kappa shape index (κ2) is 8.80. The van der Waals surface area contributed by atoms with Crippen molar-refractivity contribution in [2.45, 2.75) is 44.6 Å². The Balaban J connectivity index is 0.00000300. The number of nitrogens with one attached hydrogen (secondary N) is 2. The van der Waals surface area contributed by atoms with Crippen LogP contribution in [0.25, 0.3) is 0 Å². The van der Waals surface area contributed by atoms with Crippen molar-refractivity contribution in [3.8, 4) is 5.75 Å². The van der Waals surface area contributed by atoms with Gasteiger partial charge in [-0.25, -0.2) is 0 Å². The summed E-state index contributed by atoms with van der Waals surface area (Å²) in [5, 5.41) is 9.79. The molecule has 1 aromatic heterocycles. The van der Waals surface area contributed by atoms with Crippen LogP contribution in [0.15, 0.2) is 35.5 Å². The van der Waals surface area contributed by atoms with Gasteiger partial charge in [-0.2, -0.15) is 18.3 Å². The van der Waals surface area contributed by atoms with E-state index >= 15 is 0 Å². The van der Waals surface area contributed by atoms with Crippen molar-refractivity contribution in [1.29, 1.82) is 0 Å². The summed E-state index contributed by atoms with van der Waals surface area (Å²) < 4.78 is 46.6. The van der Waals surface area contributed by atoms with E-state index < -0.39 is 11.9 Å². The fourth-order valence-electron chi connectivity index (χ4n) is 3.38. The number of halogens is 4. The zero-order valence-corrected chi connectivity index (χ0v) is 19.0. The monoisotopic (exact) mass is 523 g/mol. The van der Waals surface area contributed by atoms with Gasteiger partial charge in [0, 0.05) is 44.4 Å². The van der Waals surface area contributed by atoms with Crippen LogP contribution in [-0.2, 0) is 19.8 Å². The summed E-state index contributed by atoms with van der Waals surface area (Å²) in [5.41, 5.74) is -0.221. The maximum absolute atomic E-state index is 13.1. The molecule has 6 nitrogen and oxygen atoms in total. The second-order valence-corrected chi connectivity index (χ2v) is 7.40. The molecule has 0 saturated carbocycles. The second-order valence-electron chi connectivity index (χ2n) is 7.40. The van der Waals surface area contributed by atoms with E-state index in [-0.39, 0.29) is 47.7 Å². The van der Waals surface area contributed by atoms with E-state index in [4.69, 9.17) is 4.74 Å². The Kier molecular flexibility index (Phi) is 7.07. The third-order valence-electron chi connectivity index (χ3n) is 4.53. The van der Waals surface area contributed by atoms with Crippen LogP contribution >= 0.6 is 24.0 Å². The Labute approximate surface area is 184 Å². The van der Waals surface area contributed by atoms with Crippen molar-refractivity contribution < 1.29 is 17.9 Å². The summed E-state index contributed by atoms with van der Waals surface area (Å²) in [5.74, 6) is 1.20. The fourth-order valence-corrected chi connectivity index (χ4v) is 3.38. The lowest BCUT2D eigenvalue weighted by Gasteiger charge is -2.38. The van der Waals surface area contributed by atoms with E-state index in [1.165, 1.54) is 13.2 Å². The molecule has 160 valence electrons. The van der Waals surface area contributed by atoms with Gasteiger partial charge in [0.05, 0.1) is 6.04 Å². The first-order chi connectivity index (χ1) is 13.1. The standard InChI is InChI=1S/C19H24F3N5O.HI/c1-18(2)9-14(13-7-5-6-8-15(13)28-18)25-17(23-3)24-10-12-11-27(4)26-16(12)19(20,21)22;/h5-8,11,14H,9-10H2,1-4H3,(H2,23,24,25);1H. The minimum Gasteiger partial charge on any atom is -0.487 e. The summed E-state index contributed by atoms with van der Waals surface area (Å²) in [6.07, 6.45) is -2.46. The van der Waals surface area contributed by atoms with Gasteiger partial charge in [-0.1, -0.05) is 18.2 Å². The van der Waals surface area contributed by atoms with Crippen molar-refractivity contribution in [2.75, 3.05) is 7.05 Å². The number of nitrogens with zero attached hydrogens (tertiary/aromatic N) is 3. The highest BCUT2D eigenvalue weighted by Crippen LogP contribution is 2.39. The van der Waals surface area contributed by atoms with Crippen LogP contribution in [0.5, 0.6) is 5.75 Å². The van der Waals surface area contributed by atoms with Gasteiger partial charge in [-0.15, -0.1) is 24.0 Å². The first-order valence-electron chi connectivity index (χ1n) is 8.94. The number of aromatic nitrogens is 2. The number of aliphatic imine (C=N–C) groups is 1. The lowest BCUT2D eigenvalue weighted by atomic mass is 9.90. The van der Waals surface area contributed by atoms with Gasteiger partial charge in [0.2, 0.25) is 0 Å². The van der Waals surface area contributed by atoms with Crippen molar-refractivity contribution in [2.24, 2.45) is 12.0 Å². The highest BCUT2D eigenvalue weighted by molar-refractivity contribution is 14.0. The zero-order chi connectivity index (χ0) is 20.5. The molecule has 1 aliphatic heterocycles. The number of hydrogen-bond acceptors (Lipinski definition) is 3. The molecule has 0 radical (unpaired) electrons. The lowest BCUT2D eigenvalue weighted by Crippen LogP contribution is -2.45. The van der Waals surface area contributed by atoms with Crippen LogP contribution in [0.1, 0.15) is 43.1 Å². The van der Waals surface area contributed by atoms with Gasteiger partial charge in [0.15, 0.2) is 11.7 Å². The SMILES string of the molecule is CN=C(NCc1cn(C)nc1C(F)(F)F)NC1CC(C)(C)Oc2ccccc21.I. The fraction of sp³-hybridized carbons (Fsp3) is 0.474. The minimum atomic E-state index is -4.50. The average Bonchev–Trinajstić information content (AvgIpc) is 2.98. The van der Waals surface area contributed by atoms with E-state index in [9.17, 15) is 13.2 Å². The minimum absolute atomic E-state index is 0. The number of para-hydroxylation sites is 1. The van der Waals surface area contributed by atoms with Crippen LogP contribution in [-0.4, -0.2) is 28.4 Å². The highest BCUT2D eigenvalue weighted by Gasteiger charge is 2.37. The number of alkyl halides is 3. The van der Waals surface area contributed by atoms with Gasteiger partial charge < -0.3 is 15.4 Å². The molecular weight excluding hydrogens is 498 g/mol. The Bertz CT molecular complexity index is 879. The number of hydrogen-bond donors (Lipinski definition) is 2. The molecule has 0 bridgehead atoms. The van der Waals surface area contributed by atoms with Crippen molar-refractivity contribution >= 4 is 29.9 Å².